The van der Waals surface area contributed by atoms with E-state index in [-0.39, 0.29) is 5.91 Å². The third kappa shape index (κ3) is 3.53. The summed E-state index contributed by atoms with van der Waals surface area (Å²) in [7, 11) is 0. The topological polar surface area (TPSA) is 62.3 Å². The number of nitrogens with zero attached hydrogens (tertiary/aromatic N) is 2. The molecule has 1 aromatic heterocycles. The van der Waals surface area contributed by atoms with E-state index in [4.69, 9.17) is 0 Å². The second-order valence-corrected chi connectivity index (χ2v) is 4.90. The molecule has 1 aliphatic heterocycles. The van der Waals surface area contributed by atoms with Gasteiger partial charge in [-0.2, -0.15) is 0 Å². The van der Waals surface area contributed by atoms with Crippen LogP contribution in [0, 0.1) is 5.92 Å². The van der Waals surface area contributed by atoms with Crippen LogP contribution >= 0.6 is 0 Å². The van der Waals surface area contributed by atoms with E-state index in [1.807, 2.05) is 0 Å². The Morgan fingerprint density at radius 2 is 2.26 bits per heavy atom. The maximum Gasteiger partial charge on any atom is 0.216 e. The molecule has 0 unspecified atom stereocenters. The van der Waals surface area contributed by atoms with Crippen LogP contribution in [0.15, 0.2) is 18.3 Å². The average Bonchev–Trinajstić information content (AvgIpc) is 2.45. The first-order valence-corrected chi connectivity index (χ1v) is 6.60. The molecule has 102 valence electrons. The number of carbonyl (C=O) groups excluding carboxylic acids is 2. The lowest BCUT2D eigenvalue weighted by Gasteiger charge is -2.33. The molecule has 0 bridgehead atoms. The number of hydrogen-bond acceptors (Lipinski definition) is 4. The van der Waals surface area contributed by atoms with E-state index >= 15 is 0 Å². The van der Waals surface area contributed by atoms with Crippen LogP contribution in [0.2, 0.25) is 0 Å². The highest BCUT2D eigenvalue weighted by Crippen LogP contribution is 2.23. The maximum atomic E-state index is 11.0. The highest BCUT2D eigenvalue weighted by molar-refractivity contribution is 5.82. The van der Waals surface area contributed by atoms with Crippen LogP contribution in [-0.4, -0.2) is 36.8 Å². The molecule has 0 atom stereocenters. The number of hydrogen-bond donors (Lipinski definition) is 1. The summed E-state index contributed by atoms with van der Waals surface area (Å²) in [6, 6.07) is 3.56. The second kappa shape index (κ2) is 6.31. The van der Waals surface area contributed by atoms with Crippen LogP contribution in [-0.2, 0) is 4.79 Å². The SMILES string of the molecule is CC(=O)NCC1CCN(c2ncccc2C=O)CC1. The predicted octanol–water partition coefficient (Wildman–Crippen LogP) is 1.25. The first-order valence-electron chi connectivity index (χ1n) is 6.60. The van der Waals surface area contributed by atoms with Crippen molar-refractivity contribution in [2.24, 2.45) is 5.92 Å². The van der Waals surface area contributed by atoms with E-state index in [2.05, 4.69) is 15.2 Å². The third-order valence-corrected chi connectivity index (χ3v) is 3.50. The van der Waals surface area contributed by atoms with Crippen molar-refractivity contribution in [1.29, 1.82) is 0 Å². The number of amides is 1. The van der Waals surface area contributed by atoms with Crippen molar-refractivity contribution in [1.82, 2.24) is 10.3 Å². The monoisotopic (exact) mass is 261 g/mol. The normalized spacial score (nSPS) is 16.2. The molecule has 19 heavy (non-hydrogen) atoms. The number of piperidine rings is 1. The van der Waals surface area contributed by atoms with Gasteiger partial charge < -0.3 is 10.2 Å². The molecule has 5 nitrogen and oxygen atoms in total. The van der Waals surface area contributed by atoms with Gasteiger partial charge in [0.2, 0.25) is 5.91 Å². The smallest absolute Gasteiger partial charge is 0.216 e. The summed E-state index contributed by atoms with van der Waals surface area (Å²) in [5, 5.41) is 2.86. The summed E-state index contributed by atoms with van der Waals surface area (Å²) < 4.78 is 0. The summed E-state index contributed by atoms with van der Waals surface area (Å²) in [6.07, 6.45) is 4.59. The van der Waals surface area contributed by atoms with Crippen molar-refractivity contribution in [3.63, 3.8) is 0 Å². The van der Waals surface area contributed by atoms with E-state index in [0.717, 1.165) is 44.6 Å². The van der Waals surface area contributed by atoms with Crippen molar-refractivity contribution in [3.05, 3.63) is 23.9 Å². The molecular formula is C14H19N3O2. The molecule has 2 rings (SSSR count). The Hall–Kier alpha value is -1.91. The van der Waals surface area contributed by atoms with Gasteiger partial charge in [0.1, 0.15) is 5.82 Å². The van der Waals surface area contributed by atoms with Crippen molar-refractivity contribution in [2.45, 2.75) is 19.8 Å². The molecule has 1 aliphatic rings. The van der Waals surface area contributed by atoms with Gasteiger partial charge >= 0.3 is 0 Å². The fourth-order valence-electron chi connectivity index (χ4n) is 2.40. The Morgan fingerprint density at radius 3 is 2.89 bits per heavy atom. The molecule has 1 aromatic rings. The Morgan fingerprint density at radius 1 is 1.53 bits per heavy atom. The highest BCUT2D eigenvalue weighted by atomic mass is 16.1. The summed E-state index contributed by atoms with van der Waals surface area (Å²) in [4.78, 5) is 28.3. The van der Waals surface area contributed by atoms with Gasteiger partial charge in [0.15, 0.2) is 6.29 Å². The summed E-state index contributed by atoms with van der Waals surface area (Å²) in [5.41, 5.74) is 0.641. The Labute approximate surface area is 113 Å². The highest BCUT2D eigenvalue weighted by Gasteiger charge is 2.21. The molecule has 0 aliphatic carbocycles. The van der Waals surface area contributed by atoms with Gasteiger partial charge in [-0.05, 0) is 30.9 Å². The second-order valence-electron chi connectivity index (χ2n) is 4.90. The maximum absolute atomic E-state index is 11.0. The molecule has 1 N–H and O–H groups in total. The minimum Gasteiger partial charge on any atom is -0.356 e. The number of rotatable bonds is 4. The lowest BCUT2D eigenvalue weighted by atomic mass is 9.96. The number of pyridine rings is 1. The third-order valence-electron chi connectivity index (χ3n) is 3.50. The molecule has 1 fully saturated rings. The Bertz CT molecular complexity index is 454. The quantitative estimate of drug-likeness (QED) is 0.828. The Kier molecular flexibility index (Phi) is 4.49. The number of anilines is 1. The summed E-state index contributed by atoms with van der Waals surface area (Å²) in [5.74, 6) is 1.31. The summed E-state index contributed by atoms with van der Waals surface area (Å²) in [6.45, 7) is 4.04. The predicted molar refractivity (Wildman–Crippen MR) is 73.2 cm³/mol. The summed E-state index contributed by atoms with van der Waals surface area (Å²) >= 11 is 0. The fourth-order valence-corrected chi connectivity index (χ4v) is 2.40. The van der Waals surface area contributed by atoms with Crippen molar-refractivity contribution < 1.29 is 9.59 Å². The van der Waals surface area contributed by atoms with Crippen LogP contribution in [0.4, 0.5) is 5.82 Å². The van der Waals surface area contributed by atoms with Gasteiger partial charge in [0.05, 0.1) is 5.56 Å². The van der Waals surface area contributed by atoms with Crippen LogP contribution in [0.5, 0.6) is 0 Å². The van der Waals surface area contributed by atoms with E-state index in [1.165, 1.54) is 0 Å². The standard InChI is InChI=1S/C14H19N3O2/c1-11(19)16-9-12-4-7-17(8-5-12)14-13(10-18)3-2-6-15-14/h2-3,6,10,12H,4-5,7-9H2,1H3,(H,16,19). The Balaban J connectivity index is 1.92. The molecule has 5 heteroatoms. The van der Waals surface area contributed by atoms with Gasteiger partial charge in [0.25, 0.3) is 0 Å². The van der Waals surface area contributed by atoms with Gasteiger partial charge in [-0.1, -0.05) is 0 Å². The van der Waals surface area contributed by atoms with Crippen LogP contribution in [0.1, 0.15) is 30.1 Å². The van der Waals surface area contributed by atoms with E-state index in [0.29, 0.717) is 11.5 Å². The molecule has 0 spiro atoms. The lowest BCUT2D eigenvalue weighted by Crippen LogP contribution is -2.39. The number of nitrogens with one attached hydrogen (secondary N) is 1. The van der Waals surface area contributed by atoms with E-state index < -0.39 is 0 Å². The average molecular weight is 261 g/mol. The van der Waals surface area contributed by atoms with Gasteiger partial charge in [-0.25, -0.2) is 4.98 Å². The molecule has 0 saturated carbocycles. The van der Waals surface area contributed by atoms with E-state index in [9.17, 15) is 9.59 Å². The zero-order chi connectivity index (χ0) is 13.7. The van der Waals surface area contributed by atoms with Crippen molar-refractivity contribution >= 4 is 18.0 Å². The van der Waals surface area contributed by atoms with Crippen LogP contribution in [0.3, 0.4) is 0 Å². The molecular weight excluding hydrogens is 242 g/mol. The lowest BCUT2D eigenvalue weighted by molar-refractivity contribution is -0.119. The fraction of sp³-hybridized carbons (Fsp3) is 0.500. The van der Waals surface area contributed by atoms with E-state index in [1.54, 1.807) is 25.3 Å². The van der Waals surface area contributed by atoms with Gasteiger partial charge in [-0.3, -0.25) is 9.59 Å². The van der Waals surface area contributed by atoms with Gasteiger partial charge in [-0.15, -0.1) is 0 Å². The number of carbonyl (C=O) groups is 2. The van der Waals surface area contributed by atoms with Crippen molar-refractivity contribution in [2.75, 3.05) is 24.5 Å². The minimum absolute atomic E-state index is 0.0235. The molecule has 1 saturated heterocycles. The molecule has 0 aromatic carbocycles. The molecule has 2 heterocycles. The first kappa shape index (κ1) is 13.5. The molecule has 0 radical (unpaired) electrons. The molecule has 1 amide bonds. The largest absolute Gasteiger partial charge is 0.356 e. The number of aromatic nitrogens is 1. The zero-order valence-corrected chi connectivity index (χ0v) is 11.1. The van der Waals surface area contributed by atoms with Crippen molar-refractivity contribution in [3.8, 4) is 0 Å². The minimum atomic E-state index is 0.0235. The number of aldehydes is 1. The first-order chi connectivity index (χ1) is 9.20. The van der Waals surface area contributed by atoms with Crippen LogP contribution < -0.4 is 10.2 Å². The van der Waals surface area contributed by atoms with Gasteiger partial charge in [0, 0.05) is 32.8 Å². The van der Waals surface area contributed by atoms with Crippen LogP contribution in [0.25, 0.3) is 0 Å². The zero-order valence-electron chi connectivity index (χ0n) is 11.1.